The molecule has 0 atom stereocenters. The molecule has 0 saturated heterocycles. The van der Waals surface area contributed by atoms with Crippen LogP contribution in [0.15, 0.2) is 35.8 Å². The Hall–Kier alpha value is -2.21. The number of nitrogens with zero attached hydrogens (tertiary/aromatic N) is 1. The smallest absolute Gasteiger partial charge is 0.259 e. The third-order valence-corrected chi connectivity index (χ3v) is 2.73. The van der Waals surface area contributed by atoms with Crippen LogP contribution < -0.4 is 10.6 Å². The Morgan fingerprint density at radius 3 is 2.88 bits per heavy atom. The van der Waals surface area contributed by atoms with Gasteiger partial charge in [-0.1, -0.05) is 12.1 Å². The van der Waals surface area contributed by atoms with Crippen LogP contribution in [0.25, 0.3) is 0 Å². The molecule has 2 amide bonds. The van der Waals surface area contributed by atoms with Crippen molar-refractivity contribution < 1.29 is 9.59 Å². The minimum atomic E-state index is -0.301. The molecular weight excluding hydrogens is 238 g/mol. The van der Waals surface area contributed by atoms with Crippen molar-refractivity contribution in [2.24, 2.45) is 0 Å². The summed E-state index contributed by atoms with van der Waals surface area (Å²) in [5.74, 6) is -0.301. The standard InChI is InChI=1S/C11H9N3O2S/c15-7-13-9-4-2-1-3-8(9)10(16)14-11-12-5-6-17-11/h1-7H,(H,13,15)(H,12,14,16). The number of benzene rings is 1. The first-order valence-electron chi connectivity index (χ1n) is 4.81. The molecule has 2 N–H and O–H groups in total. The van der Waals surface area contributed by atoms with Crippen LogP contribution in [-0.4, -0.2) is 17.3 Å². The van der Waals surface area contributed by atoms with E-state index in [9.17, 15) is 9.59 Å². The number of carbonyl (C=O) groups excluding carboxylic acids is 2. The van der Waals surface area contributed by atoms with Crippen LogP contribution in [0.3, 0.4) is 0 Å². The lowest BCUT2D eigenvalue weighted by molar-refractivity contribution is -0.105. The Bertz CT molecular complexity index is 525. The van der Waals surface area contributed by atoms with Gasteiger partial charge in [0.1, 0.15) is 0 Å². The molecule has 0 saturated carbocycles. The molecule has 5 nitrogen and oxygen atoms in total. The fourth-order valence-corrected chi connectivity index (χ4v) is 1.84. The van der Waals surface area contributed by atoms with Crippen molar-refractivity contribution in [2.75, 3.05) is 10.6 Å². The molecule has 86 valence electrons. The third-order valence-electron chi connectivity index (χ3n) is 2.04. The first-order chi connectivity index (χ1) is 8.31. The number of carbonyl (C=O) groups is 2. The molecule has 0 aliphatic heterocycles. The summed E-state index contributed by atoms with van der Waals surface area (Å²) >= 11 is 1.33. The van der Waals surface area contributed by atoms with E-state index in [-0.39, 0.29) is 5.91 Å². The molecule has 2 rings (SSSR count). The van der Waals surface area contributed by atoms with Gasteiger partial charge in [0, 0.05) is 11.6 Å². The van der Waals surface area contributed by atoms with Gasteiger partial charge in [0.2, 0.25) is 6.41 Å². The fraction of sp³-hybridized carbons (Fsp3) is 0. The number of nitrogens with one attached hydrogen (secondary N) is 2. The number of rotatable bonds is 4. The molecule has 2 aromatic rings. The molecule has 0 bridgehead atoms. The van der Waals surface area contributed by atoms with Crippen molar-refractivity contribution in [1.82, 2.24) is 4.98 Å². The van der Waals surface area contributed by atoms with Crippen LogP contribution in [0.2, 0.25) is 0 Å². The maximum absolute atomic E-state index is 11.9. The number of anilines is 2. The Balaban J connectivity index is 2.21. The molecule has 0 spiro atoms. The van der Waals surface area contributed by atoms with E-state index in [1.165, 1.54) is 11.3 Å². The van der Waals surface area contributed by atoms with E-state index in [4.69, 9.17) is 0 Å². The topological polar surface area (TPSA) is 71.1 Å². The van der Waals surface area contributed by atoms with Crippen LogP contribution in [-0.2, 0) is 4.79 Å². The quantitative estimate of drug-likeness (QED) is 0.811. The first kappa shape index (κ1) is 11.3. The van der Waals surface area contributed by atoms with E-state index >= 15 is 0 Å². The van der Waals surface area contributed by atoms with Crippen LogP contribution in [0.5, 0.6) is 0 Å². The molecule has 0 fully saturated rings. The SMILES string of the molecule is O=CNc1ccccc1C(=O)Nc1nccs1. The van der Waals surface area contributed by atoms with Crippen molar-refractivity contribution in [3.05, 3.63) is 41.4 Å². The summed E-state index contributed by atoms with van der Waals surface area (Å²) in [4.78, 5) is 26.3. The maximum Gasteiger partial charge on any atom is 0.259 e. The monoisotopic (exact) mass is 247 g/mol. The summed E-state index contributed by atoms with van der Waals surface area (Å²) in [6.45, 7) is 0. The van der Waals surface area contributed by atoms with E-state index < -0.39 is 0 Å². The van der Waals surface area contributed by atoms with E-state index in [2.05, 4.69) is 15.6 Å². The zero-order chi connectivity index (χ0) is 12.1. The van der Waals surface area contributed by atoms with Gasteiger partial charge in [0.25, 0.3) is 5.91 Å². The van der Waals surface area contributed by atoms with Gasteiger partial charge in [-0.3, -0.25) is 14.9 Å². The predicted molar refractivity (Wildman–Crippen MR) is 66.2 cm³/mol. The molecular formula is C11H9N3O2S. The Morgan fingerprint density at radius 1 is 1.35 bits per heavy atom. The maximum atomic E-state index is 11.9. The van der Waals surface area contributed by atoms with Gasteiger partial charge >= 0.3 is 0 Å². The van der Waals surface area contributed by atoms with E-state index in [0.29, 0.717) is 22.8 Å². The molecule has 1 aromatic heterocycles. The molecule has 0 aliphatic rings. The largest absolute Gasteiger partial charge is 0.328 e. The third kappa shape index (κ3) is 2.67. The average molecular weight is 247 g/mol. The minimum absolute atomic E-state index is 0.301. The number of thiazole rings is 1. The molecule has 6 heteroatoms. The molecule has 1 aromatic carbocycles. The molecule has 0 unspecified atom stereocenters. The van der Waals surface area contributed by atoms with Gasteiger partial charge in [0.05, 0.1) is 11.3 Å². The second-order valence-corrected chi connectivity index (χ2v) is 3.99. The average Bonchev–Trinajstić information content (AvgIpc) is 2.83. The van der Waals surface area contributed by atoms with E-state index in [1.54, 1.807) is 35.8 Å². The number of aromatic nitrogens is 1. The Morgan fingerprint density at radius 2 is 2.18 bits per heavy atom. The second kappa shape index (κ2) is 5.22. The summed E-state index contributed by atoms with van der Waals surface area (Å²) in [6, 6.07) is 6.76. The van der Waals surface area contributed by atoms with E-state index in [0.717, 1.165) is 0 Å². The zero-order valence-electron chi connectivity index (χ0n) is 8.71. The van der Waals surface area contributed by atoms with Crippen LogP contribution in [0, 0.1) is 0 Å². The van der Waals surface area contributed by atoms with Crippen LogP contribution >= 0.6 is 11.3 Å². The fourth-order valence-electron chi connectivity index (χ4n) is 1.32. The van der Waals surface area contributed by atoms with Gasteiger partial charge in [-0.05, 0) is 12.1 Å². The van der Waals surface area contributed by atoms with Crippen molar-refractivity contribution in [2.45, 2.75) is 0 Å². The number of hydrogen-bond acceptors (Lipinski definition) is 4. The summed E-state index contributed by atoms with van der Waals surface area (Å²) in [6.07, 6.45) is 2.14. The van der Waals surface area contributed by atoms with Crippen molar-refractivity contribution in [3.63, 3.8) is 0 Å². The lowest BCUT2D eigenvalue weighted by Gasteiger charge is -2.06. The van der Waals surface area contributed by atoms with Gasteiger partial charge in [-0.2, -0.15) is 0 Å². The zero-order valence-corrected chi connectivity index (χ0v) is 9.53. The highest BCUT2D eigenvalue weighted by Gasteiger charge is 2.11. The summed E-state index contributed by atoms with van der Waals surface area (Å²) in [7, 11) is 0. The summed E-state index contributed by atoms with van der Waals surface area (Å²) < 4.78 is 0. The minimum Gasteiger partial charge on any atom is -0.328 e. The van der Waals surface area contributed by atoms with Crippen LogP contribution in [0.4, 0.5) is 10.8 Å². The lowest BCUT2D eigenvalue weighted by atomic mass is 10.1. The first-order valence-corrected chi connectivity index (χ1v) is 5.69. The number of para-hydroxylation sites is 1. The highest BCUT2D eigenvalue weighted by Crippen LogP contribution is 2.17. The molecule has 0 radical (unpaired) electrons. The summed E-state index contributed by atoms with van der Waals surface area (Å²) in [5.41, 5.74) is 0.867. The van der Waals surface area contributed by atoms with Gasteiger partial charge in [0.15, 0.2) is 5.13 Å². The molecule has 17 heavy (non-hydrogen) atoms. The lowest BCUT2D eigenvalue weighted by Crippen LogP contribution is -2.14. The predicted octanol–water partition coefficient (Wildman–Crippen LogP) is 1.96. The Labute approximate surface area is 102 Å². The van der Waals surface area contributed by atoms with Crippen molar-refractivity contribution >= 4 is 34.5 Å². The molecule has 0 aliphatic carbocycles. The van der Waals surface area contributed by atoms with Gasteiger partial charge in [-0.25, -0.2) is 4.98 Å². The Kier molecular flexibility index (Phi) is 3.46. The molecule has 1 heterocycles. The van der Waals surface area contributed by atoms with Gasteiger partial charge in [-0.15, -0.1) is 11.3 Å². The number of amides is 2. The van der Waals surface area contributed by atoms with E-state index in [1.807, 2.05) is 0 Å². The number of hydrogen-bond donors (Lipinski definition) is 2. The van der Waals surface area contributed by atoms with Crippen molar-refractivity contribution in [3.8, 4) is 0 Å². The summed E-state index contributed by atoms with van der Waals surface area (Å²) in [5, 5.41) is 7.42. The van der Waals surface area contributed by atoms with Crippen LogP contribution in [0.1, 0.15) is 10.4 Å². The van der Waals surface area contributed by atoms with Crippen molar-refractivity contribution in [1.29, 1.82) is 0 Å². The second-order valence-electron chi connectivity index (χ2n) is 3.10. The highest BCUT2D eigenvalue weighted by atomic mass is 32.1. The van der Waals surface area contributed by atoms with Gasteiger partial charge < -0.3 is 5.32 Å². The normalized spacial score (nSPS) is 9.65. The highest BCUT2D eigenvalue weighted by molar-refractivity contribution is 7.13.